The van der Waals surface area contributed by atoms with Crippen molar-refractivity contribution in [2.24, 2.45) is 0 Å². The molecule has 0 amide bonds. The first-order valence-corrected chi connectivity index (χ1v) is 7.18. The highest BCUT2D eigenvalue weighted by Crippen LogP contribution is 2.34. The lowest BCUT2D eigenvalue weighted by atomic mass is 10.2. The van der Waals surface area contributed by atoms with E-state index in [-0.39, 0.29) is 25.9 Å². The Kier molecular flexibility index (Phi) is 4.89. The molecule has 0 unspecified atom stereocenters. The van der Waals surface area contributed by atoms with Crippen molar-refractivity contribution in [1.82, 2.24) is 0 Å². The standard InChI is InChI=1S/C13H7Br2F2NO3/c14-8-4-5-9(16)7(13(8)17)6-21-11-3-1-2-10(12(11)15)18(19)20/h1-5H,6H2. The van der Waals surface area contributed by atoms with Gasteiger partial charge in [0.1, 0.15) is 28.5 Å². The SMILES string of the molecule is O=[N+]([O-])c1cccc(OCc2c(F)ccc(Br)c2F)c1Br. The van der Waals surface area contributed by atoms with Crippen molar-refractivity contribution in [2.75, 3.05) is 0 Å². The molecule has 0 saturated heterocycles. The molecule has 2 aromatic carbocycles. The zero-order chi connectivity index (χ0) is 15.6. The van der Waals surface area contributed by atoms with Crippen molar-refractivity contribution in [2.45, 2.75) is 6.61 Å². The Balaban J connectivity index is 2.27. The summed E-state index contributed by atoms with van der Waals surface area (Å²) in [6.07, 6.45) is 0. The van der Waals surface area contributed by atoms with Crippen LogP contribution >= 0.6 is 31.9 Å². The maximum Gasteiger partial charge on any atom is 0.287 e. The van der Waals surface area contributed by atoms with Crippen LogP contribution in [0, 0.1) is 21.7 Å². The van der Waals surface area contributed by atoms with Crippen LogP contribution in [0.15, 0.2) is 39.3 Å². The van der Waals surface area contributed by atoms with Gasteiger partial charge in [0.15, 0.2) is 0 Å². The summed E-state index contributed by atoms with van der Waals surface area (Å²) in [6, 6.07) is 6.53. The molecular formula is C13H7Br2F2NO3. The predicted molar refractivity (Wildman–Crippen MR) is 79.2 cm³/mol. The molecule has 21 heavy (non-hydrogen) atoms. The van der Waals surface area contributed by atoms with Crippen LogP contribution in [0.25, 0.3) is 0 Å². The number of nitro benzene ring substituents is 1. The van der Waals surface area contributed by atoms with E-state index < -0.39 is 23.2 Å². The molecule has 2 aromatic rings. The zero-order valence-electron chi connectivity index (χ0n) is 10.3. The fourth-order valence-corrected chi connectivity index (χ4v) is 2.50. The summed E-state index contributed by atoms with van der Waals surface area (Å²) in [4.78, 5) is 10.2. The summed E-state index contributed by atoms with van der Waals surface area (Å²) in [5.41, 5.74) is -0.453. The normalized spacial score (nSPS) is 10.5. The van der Waals surface area contributed by atoms with Gasteiger partial charge < -0.3 is 4.74 Å². The second-order valence-electron chi connectivity index (χ2n) is 3.96. The van der Waals surface area contributed by atoms with E-state index in [2.05, 4.69) is 31.9 Å². The minimum atomic E-state index is -0.767. The minimum absolute atomic E-state index is 0.112. The van der Waals surface area contributed by atoms with Crippen LogP contribution in [0.2, 0.25) is 0 Å². The molecule has 0 bridgehead atoms. The highest BCUT2D eigenvalue weighted by Gasteiger charge is 2.18. The average molecular weight is 423 g/mol. The number of nitro groups is 1. The number of ether oxygens (including phenoxy) is 1. The summed E-state index contributed by atoms with van der Waals surface area (Å²) >= 11 is 6.00. The minimum Gasteiger partial charge on any atom is -0.487 e. The van der Waals surface area contributed by atoms with Gasteiger partial charge in [-0.1, -0.05) is 6.07 Å². The van der Waals surface area contributed by atoms with Gasteiger partial charge in [-0.15, -0.1) is 0 Å². The van der Waals surface area contributed by atoms with Crippen molar-refractivity contribution in [3.8, 4) is 5.75 Å². The molecule has 0 aromatic heterocycles. The number of rotatable bonds is 4. The quantitative estimate of drug-likeness (QED) is 0.396. The van der Waals surface area contributed by atoms with Crippen molar-refractivity contribution in [3.05, 3.63) is 66.6 Å². The Morgan fingerprint density at radius 1 is 1.19 bits per heavy atom. The molecule has 0 spiro atoms. The highest BCUT2D eigenvalue weighted by atomic mass is 79.9. The maximum absolute atomic E-state index is 13.8. The third kappa shape index (κ3) is 3.38. The maximum atomic E-state index is 13.8. The molecule has 0 aliphatic heterocycles. The Labute approximate surface area is 135 Å². The fourth-order valence-electron chi connectivity index (χ4n) is 1.60. The Morgan fingerprint density at radius 3 is 2.57 bits per heavy atom. The van der Waals surface area contributed by atoms with E-state index in [1.807, 2.05) is 0 Å². The van der Waals surface area contributed by atoms with Crippen LogP contribution in [-0.2, 0) is 6.61 Å². The summed E-state index contributed by atoms with van der Waals surface area (Å²) in [5, 5.41) is 10.8. The second-order valence-corrected chi connectivity index (χ2v) is 5.60. The van der Waals surface area contributed by atoms with Gasteiger partial charge in [-0.2, -0.15) is 0 Å². The molecule has 8 heteroatoms. The Bertz CT molecular complexity index is 710. The van der Waals surface area contributed by atoms with Crippen LogP contribution in [0.3, 0.4) is 0 Å². The molecule has 0 saturated carbocycles. The second kappa shape index (κ2) is 6.48. The molecule has 0 aliphatic rings. The van der Waals surface area contributed by atoms with Gasteiger partial charge in [0.2, 0.25) is 0 Å². The van der Waals surface area contributed by atoms with Gasteiger partial charge in [0.25, 0.3) is 5.69 Å². The van der Waals surface area contributed by atoms with Crippen LogP contribution in [0.5, 0.6) is 5.75 Å². The average Bonchev–Trinajstić information content (AvgIpc) is 2.44. The smallest absolute Gasteiger partial charge is 0.287 e. The first-order chi connectivity index (χ1) is 9.91. The molecule has 0 heterocycles. The number of hydrogen-bond donors (Lipinski definition) is 0. The van der Waals surface area contributed by atoms with Crippen molar-refractivity contribution in [1.29, 1.82) is 0 Å². The number of benzene rings is 2. The molecule has 0 N–H and O–H groups in total. The van der Waals surface area contributed by atoms with Crippen LogP contribution < -0.4 is 4.74 Å². The highest BCUT2D eigenvalue weighted by molar-refractivity contribution is 9.11. The van der Waals surface area contributed by atoms with Gasteiger partial charge in [0.05, 0.1) is 15.0 Å². The molecule has 0 atom stereocenters. The third-order valence-corrected chi connectivity index (χ3v) is 4.06. The van der Waals surface area contributed by atoms with E-state index in [4.69, 9.17) is 4.74 Å². The van der Waals surface area contributed by atoms with Crippen molar-refractivity contribution >= 4 is 37.5 Å². The van der Waals surface area contributed by atoms with E-state index in [9.17, 15) is 18.9 Å². The van der Waals surface area contributed by atoms with Crippen LogP contribution in [0.1, 0.15) is 5.56 Å². The van der Waals surface area contributed by atoms with Crippen LogP contribution in [0.4, 0.5) is 14.5 Å². The van der Waals surface area contributed by atoms with Gasteiger partial charge in [0, 0.05) is 6.07 Å². The summed E-state index contributed by atoms with van der Waals surface area (Å²) in [5.74, 6) is -1.39. The molecule has 0 aliphatic carbocycles. The summed E-state index contributed by atoms with van der Waals surface area (Å²) in [7, 11) is 0. The Hall–Kier alpha value is -1.54. The number of hydrogen-bond acceptors (Lipinski definition) is 3. The van der Waals surface area contributed by atoms with E-state index in [1.165, 1.54) is 24.3 Å². The van der Waals surface area contributed by atoms with Gasteiger partial charge >= 0.3 is 0 Å². The topological polar surface area (TPSA) is 52.4 Å². The van der Waals surface area contributed by atoms with E-state index in [1.54, 1.807) is 0 Å². The van der Waals surface area contributed by atoms with Crippen molar-refractivity contribution in [3.63, 3.8) is 0 Å². The monoisotopic (exact) mass is 421 g/mol. The zero-order valence-corrected chi connectivity index (χ0v) is 13.4. The summed E-state index contributed by atoms with van der Waals surface area (Å²) < 4.78 is 32.9. The molecule has 0 fully saturated rings. The lowest BCUT2D eigenvalue weighted by molar-refractivity contribution is -0.385. The first kappa shape index (κ1) is 15.8. The van der Waals surface area contributed by atoms with Gasteiger partial charge in [-0.3, -0.25) is 10.1 Å². The molecule has 110 valence electrons. The van der Waals surface area contributed by atoms with E-state index in [0.717, 1.165) is 6.07 Å². The van der Waals surface area contributed by atoms with E-state index >= 15 is 0 Å². The van der Waals surface area contributed by atoms with Crippen LogP contribution in [-0.4, -0.2) is 4.92 Å². The molecule has 0 radical (unpaired) electrons. The lowest BCUT2D eigenvalue weighted by Crippen LogP contribution is -2.03. The van der Waals surface area contributed by atoms with Gasteiger partial charge in [-0.05, 0) is 50.1 Å². The predicted octanol–water partition coefficient (Wildman–Crippen LogP) is 4.98. The third-order valence-electron chi connectivity index (χ3n) is 2.65. The first-order valence-electron chi connectivity index (χ1n) is 5.60. The molecule has 4 nitrogen and oxygen atoms in total. The largest absolute Gasteiger partial charge is 0.487 e. The fraction of sp³-hybridized carbons (Fsp3) is 0.0769. The Morgan fingerprint density at radius 2 is 1.90 bits per heavy atom. The lowest BCUT2D eigenvalue weighted by Gasteiger charge is -2.10. The summed E-state index contributed by atoms with van der Waals surface area (Å²) in [6.45, 7) is -0.392. The molecule has 2 rings (SSSR count). The van der Waals surface area contributed by atoms with Crippen molar-refractivity contribution < 1.29 is 18.4 Å². The number of nitrogens with zero attached hydrogens (tertiary/aromatic N) is 1. The van der Waals surface area contributed by atoms with Gasteiger partial charge in [-0.25, -0.2) is 8.78 Å². The molecular weight excluding hydrogens is 416 g/mol. The number of halogens is 4. The van der Waals surface area contributed by atoms with E-state index in [0.29, 0.717) is 0 Å².